The zero-order chi connectivity index (χ0) is 25.8. The Morgan fingerprint density at radius 1 is 1.11 bits per heavy atom. The molecule has 0 saturated carbocycles. The number of anilines is 2. The Labute approximate surface area is 220 Å². The topological polar surface area (TPSA) is 103 Å². The predicted molar refractivity (Wildman–Crippen MR) is 139 cm³/mol. The zero-order valence-electron chi connectivity index (χ0n) is 20.5. The minimum atomic E-state index is -0.143. The molecule has 3 aliphatic heterocycles. The number of halogens is 1. The van der Waals surface area contributed by atoms with Crippen molar-refractivity contribution in [2.75, 3.05) is 56.2 Å². The molecule has 0 radical (unpaired) electrons. The molecule has 2 fully saturated rings. The summed E-state index contributed by atoms with van der Waals surface area (Å²) in [5, 5.41) is 3.40. The van der Waals surface area contributed by atoms with E-state index >= 15 is 0 Å². The summed E-state index contributed by atoms with van der Waals surface area (Å²) >= 11 is 6.37. The van der Waals surface area contributed by atoms with Crippen molar-refractivity contribution in [1.29, 1.82) is 0 Å². The second-order valence-electron chi connectivity index (χ2n) is 9.28. The molecule has 5 rings (SSSR count). The second kappa shape index (κ2) is 11.4. The molecule has 2 aromatic rings. The van der Waals surface area contributed by atoms with E-state index < -0.39 is 0 Å². The number of piperidine rings is 1. The first-order valence-electron chi connectivity index (χ1n) is 12.5. The number of hydrogen-bond donors (Lipinski definition) is 2. The molecule has 0 bridgehead atoms. The quantitative estimate of drug-likeness (QED) is 0.560. The highest BCUT2D eigenvalue weighted by Crippen LogP contribution is 2.30. The van der Waals surface area contributed by atoms with Gasteiger partial charge in [-0.2, -0.15) is 0 Å². The lowest BCUT2D eigenvalue weighted by atomic mass is 10.0. The number of para-hydroxylation sites is 1. The maximum atomic E-state index is 12.8. The van der Waals surface area contributed by atoms with Crippen LogP contribution in [0.4, 0.5) is 16.2 Å². The standard InChI is InChI=1S/C26H30ClN5O5/c27-21-15-20(5-6-23(21)32-13-14-36-17-25(32)34)37-28-16-24(33)30-10-8-19(9-11-30)31-12-7-18-3-1-2-4-22(18)29-26(31)35/h1-6,15,19,28H,7-14,16-17H2,(H,29,35). The van der Waals surface area contributed by atoms with Crippen molar-refractivity contribution in [3.05, 3.63) is 53.1 Å². The number of urea groups is 1. The molecule has 3 heterocycles. The number of benzene rings is 2. The van der Waals surface area contributed by atoms with Gasteiger partial charge in [0.05, 0.1) is 17.3 Å². The number of likely N-dealkylation sites (tertiary alicyclic amines) is 1. The summed E-state index contributed by atoms with van der Waals surface area (Å²) < 4.78 is 5.16. The molecule has 0 atom stereocenters. The van der Waals surface area contributed by atoms with Gasteiger partial charge in [0.15, 0.2) is 0 Å². The molecular formula is C26H30ClN5O5. The van der Waals surface area contributed by atoms with Crippen LogP contribution in [0.2, 0.25) is 5.02 Å². The largest absolute Gasteiger partial charge is 0.408 e. The average Bonchev–Trinajstić information content (AvgIpc) is 3.07. The van der Waals surface area contributed by atoms with Crippen LogP contribution in [0.25, 0.3) is 0 Å². The highest BCUT2D eigenvalue weighted by Gasteiger charge is 2.31. The Morgan fingerprint density at radius 2 is 1.92 bits per heavy atom. The first-order chi connectivity index (χ1) is 18.0. The van der Waals surface area contributed by atoms with E-state index in [1.165, 1.54) is 0 Å². The minimum Gasteiger partial charge on any atom is -0.408 e. The third-order valence-corrected chi connectivity index (χ3v) is 7.31. The number of nitrogens with zero attached hydrogens (tertiary/aromatic N) is 3. The van der Waals surface area contributed by atoms with Crippen LogP contribution in [0, 0.1) is 0 Å². The molecule has 10 nitrogen and oxygen atoms in total. The van der Waals surface area contributed by atoms with E-state index in [4.69, 9.17) is 21.2 Å². The molecule has 2 N–H and O–H groups in total. The Morgan fingerprint density at radius 3 is 2.70 bits per heavy atom. The number of nitrogens with one attached hydrogen (secondary N) is 2. The predicted octanol–water partition coefficient (Wildman–Crippen LogP) is 2.67. The molecule has 0 aliphatic carbocycles. The van der Waals surface area contributed by atoms with E-state index in [-0.39, 0.29) is 37.0 Å². The van der Waals surface area contributed by atoms with Crippen LogP contribution < -0.4 is 20.5 Å². The van der Waals surface area contributed by atoms with E-state index in [0.717, 1.165) is 30.5 Å². The number of rotatable bonds is 6. The summed E-state index contributed by atoms with van der Waals surface area (Å²) in [4.78, 5) is 48.4. The van der Waals surface area contributed by atoms with Crippen LogP contribution in [-0.2, 0) is 20.7 Å². The normalized spacial score (nSPS) is 18.8. The number of fused-ring (bicyclic) bond motifs is 1. The van der Waals surface area contributed by atoms with Gasteiger partial charge in [0.25, 0.3) is 5.91 Å². The van der Waals surface area contributed by atoms with Crippen molar-refractivity contribution in [3.63, 3.8) is 0 Å². The lowest BCUT2D eigenvalue weighted by molar-refractivity contribution is -0.133. The van der Waals surface area contributed by atoms with Crippen LogP contribution in [-0.4, -0.2) is 79.6 Å². The fraction of sp³-hybridized carbons (Fsp3) is 0.423. The summed E-state index contributed by atoms with van der Waals surface area (Å²) in [6, 6.07) is 12.9. The van der Waals surface area contributed by atoms with Crippen molar-refractivity contribution in [1.82, 2.24) is 15.3 Å². The number of hydroxylamine groups is 1. The Bertz CT molecular complexity index is 1170. The van der Waals surface area contributed by atoms with Gasteiger partial charge >= 0.3 is 6.03 Å². The zero-order valence-corrected chi connectivity index (χ0v) is 21.2. The molecule has 4 amide bonds. The van der Waals surface area contributed by atoms with Crippen molar-refractivity contribution >= 4 is 40.8 Å². The lowest BCUT2D eigenvalue weighted by Crippen LogP contribution is -2.51. The van der Waals surface area contributed by atoms with E-state index in [0.29, 0.717) is 49.2 Å². The number of carbonyl (C=O) groups excluding carboxylic acids is 3. The smallest absolute Gasteiger partial charge is 0.322 e. The van der Waals surface area contributed by atoms with Gasteiger partial charge in [0, 0.05) is 44.0 Å². The molecule has 2 aromatic carbocycles. The highest BCUT2D eigenvalue weighted by atomic mass is 35.5. The molecule has 0 aromatic heterocycles. The lowest BCUT2D eigenvalue weighted by Gasteiger charge is -2.38. The molecule has 37 heavy (non-hydrogen) atoms. The molecule has 196 valence electrons. The number of hydrogen-bond acceptors (Lipinski definition) is 6. The SMILES string of the molecule is O=C(CNOc1ccc(N2CCOCC2=O)c(Cl)c1)N1CCC(N2CCc3ccccc3NC2=O)CC1. The molecule has 0 spiro atoms. The summed E-state index contributed by atoms with van der Waals surface area (Å²) in [6.45, 7) is 2.77. The summed E-state index contributed by atoms with van der Waals surface area (Å²) in [5.74, 6) is 0.220. The van der Waals surface area contributed by atoms with Gasteiger partial charge in [-0.05, 0) is 43.0 Å². The molecule has 2 saturated heterocycles. The summed E-state index contributed by atoms with van der Waals surface area (Å²) in [6.07, 6.45) is 2.27. The minimum absolute atomic E-state index is 0.00545. The Kier molecular flexibility index (Phi) is 7.78. The summed E-state index contributed by atoms with van der Waals surface area (Å²) in [7, 11) is 0. The molecule has 11 heteroatoms. The Balaban J connectivity index is 1.07. The first-order valence-corrected chi connectivity index (χ1v) is 12.9. The van der Waals surface area contributed by atoms with Crippen LogP contribution in [0.3, 0.4) is 0 Å². The molecule has 0 unspecified atom stereocenters. The van der Waals surface area contributed by atoms with Crippen molar-refractivity contribution in [2.24, 2.45) is 0 Å². The average molecular weight is 528 g/mol. The van der Waals surface area contributed by atoms with Crippen molar-refractivity contribution < 1.29 is 24.0 Å². The van der Waals surface area contributed by atoms with Gasteiger partial charge in [-0.25, -0.2) is 4.79 Å². The number of morpholine rings is 1. The third kappa shape index (κ3) is 5.82. The number of carbonyl (C=O) groups is 3. The highest BCUT2D eigenvalue weighted by molar-refractivity contribution is 6.34. The number of ether oxygens (including phenoxy) is 1. The second-order valence-corrected chi connectivity index (χ2v) is 9.68. The van der Waals surface area contributed by atoms with Gasteiger partial charge in [-0.1, -0.05) is 29.8 Å². The van der Waals surface area contributed by atoms with E-state index in [1.807, 2.05) is 29.2 Å². The maximum Gasteiger partial charge on any atom is 0.322 e. The maximum absolute atomic E-state index is 12.8. The van der Waals surface area contributed by atoms with Gasteiger partial charge in [-0.15, -0.1) is 5.48 Å². The van der Waals surface area contributed by atoms with Crippen LogP contribution in [0.5, 0.6) is 5.75 Å². The van der Waals surface area contributed by atoms with E-state index in [9.17, 15) is 14.4 Å². The molecule has 3 aliphatic rings. The van der Waals surface area contributed by atoms with Gasteiger partial charge in [-0.3, -0.25) is 9.59 Å². The van der Waals surface area contributed by atoms with Crippen LogP contribution in [0.1, 0.15) is 18.4 Å². The monoisotopic (exact) mass is 527 g/mol. The van der Waals surface area contributed by atoms with Gasteiger partial charge < -0.3 is 29.6 Å². The number of amides is 4. The van der Waals surface area contributed by atoms with E-state index in [1.54, 1.807) is 28.0 Å². The summed E-state index contributed by atoms with van der Waals surface area (Å²) in [5.41, 5.74) is 5.32. The fourth-order valence-electron chi connectivity index (χ4n) is 5.00. The Hall–Kier alpha value is -3.34. The third-order valence-electron chi connectivity index (χ3n) is 7.01. The van der Waals surface area contributed by atoms with E-state index in [2.05, 4.69) is 10.8 Å². The van der Waals surface area contributed by atoms with Crippen molar-refractivity contribution in [3.8, 4) is 5.75 Å². The van der Waals surface area contributed by atoms with Crippen LogP contribution >= 0.6 is 11.6 Å². The van der Waals surface area contributed by atoms with Crippen molar-refractivity contribution in [2.45, 2.75) is 25.3 Å². The molecular weight excluding hydrogens is 498 g/mol. The van der Waals surface area contributed by atoms with Crippen LogP contribution in [0.15, 0.2) is 42.5 Å². The first kappa shape index (κ1) is 25.3. The van der Waals surface area contributed by atoms with Gasteiger partial charge in [0.2, 0.25) is 5.91 Å². The van der Waals surface area contributed by atoms with Gasteiger partial charge in [0.1, 0.15) is 18.9 Å². The fourth-order valence-corrected chi connectivity index (χ4v) is 5.27.